The lowest BCUT2D eigenvalue weighted by Gasteiger charge is -2.24. The van der Waals surface area contributed by atoms with Crippen LogP contribution >= 0.6 is 0 Å². The number of ether oxygens (including phenoxy) is 1. The fraction of sp³-hybridized carbons (Fsp3) is 0.526. The van der Waals surface area contributed by atoms with Crippen LogP contribution in [0.1, 0.15) is 13.3 Å². The minimum atomic E-state index is -2.60. The predicted octanol–water partition coefficient (Wildman–Crippen LogP) is 3.71. The second kappa shape index (κ2) is 15.6. The van der Waals surface area contributed by atoms with Crippen molar-refractivity contribution in [1.82, 2.24) is 5.32 Å². The Balaban J connectivity index is 0.00000379. The number of nitrogens with one attached hydrogen (secondary N) is 1. The molecule has 0 spiro atoms. The Labute approximate surface area is 174 Å². The number of carbonyl (C=O) groups is 1. The molecule has 0 saturated heterocycles. The van der Waals surface area contributed by atoms with Crippen molar-refractivity contribution in [2.45, 2.75) is 19.4 Å². The number of nitrogens with zero attached hydrogens (tertiary/aromatic N) is 2. The third-order valence-electron chi connectivity index (χ3n) is 4.16. The molecule has 0 radical (unpaired) electrons. The second-order valence-corrected chi connectivity index (χ2v) is 8.74. The van der Waals surface area contributed by atoms with Gasteiger partial charge in [0.15, 0.2) is 0 Å². The van der Waals surface area contributed by atoms with Gasteiger partial charge in [0.05, 0.1) is 6.54 Å². The maximum atomic E-state index is 11.8. The zero-order valence-corrected chi connectivity index (χ0v) is 18.8. The van der Waals surface area contributed by atoms with E-state index in [0.29, 0.717) is 31.2 Å². The van der Waals surface area contributed by atoms with Crippen LogP contribution in [0.2, 0.25) is 6.04 Å². The summed E-state index contributed by atoms with van der Waals surface area (Å²) < 4.78 is 21.2. The topological polar surface area (TPSA) is 98.7 Å². The second-order valence-electron chi connectivity index (χ2n) is 5.65. The maximum Gasteiger partial charge on any atom is 0.500 e. The number of amides is 1. The van der Waals surface area contributed by atoms with Crippen LogP contribution in [0, 0.1) is 4.91 Å². The molecule has 0 unspecified atom stereocenters. The number of hydrogen-bond donors (Lipinski definition) is 1. The van der Waals surface area contributed by atoms with Crippen molar-refractivity contribution in [3.05, 3.63) is 42.3 Å². The highest BCUT2D eigenvalue weighted by molar-refractivity contribution is 6.60. The molecule has 1 rings (SSSR count). The van der Waals surface area contributed by atoms with E-state index in [0.717, 1.165) is 12.2 Å². The van der Waals surface area contributed by atoms with Crippen LogP contribution in [0.5, 0.6) is 0 Å². The minimum absolute atomic E-state index is 0.250. The predicted molar refractivity (Wildman–Crippen MR) is 117 cm³/mol. The van der Waals surface area contributed by atoms with Crippen molar-refractivity contribution in [2.24, 2.45) is 5.18 Å². The Bertz CT molecular complexity index is 576. The zero-order valence-electron chi connectivity index (χ0n) is 17.8. The Kier molecular flexibility index (Phi) is 14.4. The SMILES string of the molecule is C=C.CCN(CCOC(=O)NCCC[Si](OC)(OC)OC)c1ccc(N=O)cc1. The highest BCUT2D eigenvalue weighted by atomic mass is 28.4. The molecule has 0 bridgehead atoms. The maximum absolute atomic E-state index is 11.8. The number of likely N-dealkylation sites (N-methyl/N-ethyl adjacent to an activating group) is 1. The van der Waals surface area contributed by atoms with E-state index in [2.05, 4.69) is 23.7 Å². The Morgan fingerprint density at radius 2 is 1.72 bits per heavy atom. The third-order valence-corrected chi connectivity index (χ3v) is 6.99. The molecule has 1 amide bonds. The zero-order chi connectivity index (χ0) is 22.1. The summed E-state index contributed by atoms with van der Waals surface area (Å²) in [4.78, 5) is 24.3. The summed E-state index contributed by atoms with van der Waals surface area (Å²) in [6.07, 6.45) is 0.195. The first-order valence-corrected chi connectivity index (χ1v) is 11.2. The number of hydrogen-bond acceptors (Lipinski definition) is 8. The lowest BCUT2D eigenvalue weighted by molar-refractivity contribution is 0.122. The lowest BCUT2D eigenvalue weighted by Crippen LogP contribution is -2.43. The largest absolute Gasteiger partial charge is 0.500 e. The Morgan fingerprint density at radius 3 is 2.21 bits per heavy atom. The number of anilines is 1. The minimum Gasteiger partial charge on any atom is -0.448 e. The molecule has 1 aromatic carbocycles. The van der Waals surface area contributed by atoms with Crippen LogP contribution in [-0.4, -0.2) is 62.5 Å². The summed E-state index contributed by atoms with van der Waals surface area (Å²) in [5.41, 5.74) is 1.32. The molecule has 164 valence electrons. The van der Waals surface area contributed by atoms with E-state index < -0.39 is 14.9 Å². The van der Waals surface area contributed by atoms with Gasteiger partial charge >= 0.3 is 14.9 Å². The number of benzene rings is 1. The molecule has 1 aromatic rings. The smallest absolute Gasteiger partial charge is 0.448 e. The van der Waals surface area contributed by atoms with Crippen molar-refractivity contribution in [2.75, 3.05) is 52.5 Å². The molecule has 0 aliphatic carbocycles. The number of carbonyl (C=O) groups excluding carboxylic acids is 1. The van der Waals surface area contributed by atoms with Gasteiger partial charge in [-0.15, -0.1) is 18.1 Å². The first-order chi connectivity index (χ1) is 14.0. The summed E-state index contributed by atoms with van der Waals surface area (Å²) in [5.74, 6) is 0. The van der Waals surface area contributed by atoms with E-state index in [-0.39, 0.29) is 6.61 Å². The molecule has 0 aromatic heterocycles. The molecule has 0 fully saturated rings. The molecule has 1 N–H and O–H groups in total. The molecular formula is C19H33N3O6Si. The summed E-state index contributed by atoms with van der Waals surface area (Å²) in [6.45, 7) is 9.99. The number of alkyl carbamates (subject to hydrolysis) is 1. The van der Waals surface area contributed by atoms with Crippen molar-refractivity contribution >= 4 is 26.3 Å². The normalized spacial score (nSPS) is 10.5. The molecule has 10 heteroatoms. The van der Waals surface area contributed by atoms with Gasteiger partial charge in [0.2, 0.25) is 0 Å². The lowest BCUT2D eigenvalue weighted by atomic mass is 10.2. The quantitative estimate of drug-likeness (QED) is 0.222. The number of rotatable bonds is 13. The molecule has 0 saturated carbocycles. The Morgan fingerprint density at radius 1 is 1.14 bits per heavy atom. The molecule has 0 heterocycles. The molecule has 9 nitrogen and oxygen atoms in total. The van der Waals surface area contributed by atoms with Gasteiger partial charge in [0.25, 0.3) is 0 Å². The fourth-order valence-electron chi connectivity index (χ4n) is 2.55. The molecule has 0 aliphatic heterocycles. The summed E-state index contributed by atoms with van der Waals surface area (Å²) in [5, 5.41) is 5.58. The van der Waals surface area contributed by atoms with Crippen LogP contribution in [-0.2, 0) is 18.0 Å². The van der Waals surface area contributed by atoms with Gasteiger partial charge in [-0.1, -0.05) is 0 Å². The molecule has 29 heavy (non-hydrogen) atoms. The van der Waals surface area contributed by atoms with Gasteiger partial charge < -0.3 is 28.2 Å². The van der Waals surface area contributed by atoms with E-state index in [1.807, 2.05) is 24.0 Å². The average molecular weight is 428 g/mol. The van der Waals surface area contributed by atoms with Gasteiger partial charge in [-0.2, -0.15) is 0 Å². The van der Waals surface area contributed by atoms with Gasteiger partial charge in [0.1, 0.15) is 12.3 Å². The Hall–Kier alpha value is -2.27. The van der Waals surface area contributed by atoms with Gasteiger partial charge in [-0.05, 0) is 42.8 Å². The molecule has 0 atom stereocenters. The van der Waals surface area contributed by atoms with Crippen molar-refractivity contribution in [3.63, 3.8) is 0 Å². The van der Waals surface area contributed by atoms with Gasteiger partial charge in [-0.3, -0.25) is 0 Å². The van der Waals surface area contributed by atoms with E-state index in [1.165, 1.54) is 0 Å². The molecular weight excluding hydrogens is 394 g/mol. The van der Waals surface area contributed by atoms with Gasteiger partial charge in [0, 0.05) is 46.2 Å². The first-order valence-electron chi connectivity index (χ1n) is 9.28. The summed E-state index contributed by atoms with van der Waals surface area (Å²) in [7, 11) is 2.07. The van der Waals surface area contributed by atoms with Crippen molar-refractivity contribution < 1.29 is 22.8 Å². The van der Waals surface area contributed by atoms with Crippen LogP contribution in [0.4, 0.5) is 16.2 Å². The van der Waals surface area contributed by atoms with Gasteiger partial charge in [-0.25, -0.2) is 4.79 Å². The summed E-state index contributed by atoms with van der Waals surface area (Å²) >= 11 is 0. The standard InChI is InChI=1S/C17H29N3O6Si.C2H4/c1-5-20(16-9-7-15(19-22)8-10-16)12-13-26-17(21)18-11-6-14-27(23-2,24-3)25-4;1-2/h7-10H,5-6,11-14H2,1-4H3,(H,18,21);1-2H2. The van der Waals surface area contributed by atoms with Crippen LogP contribution in [0.25, 0.3) is 0 Å². The number of nitroso groups, excluding NO2 is 1. The van der Waals surface area contributed by atoms with Crippen LogP contribution in [0.15, 0.2) is 42.6 Å². The van der Waals surface area contributed by atoms with E-state index in [4.69, 9.17) is 18.0 Å². The van der Waals surface area contributed by atoms with E-state index in [1.54, 1.807) is 33.5 Å². The first kappa shape index (κ1) is 26.7. The third kappa shape index (κ3) is 9.66. The van der Waals surface area contributed by atoms with E-state index >= 15 is 0 Å². The highest BCUT2D eigenvalue weighted by Gasteiger charge is 2.36. The monoisotopic (exact) mass is 427 g/mol. The van der Waals surface area contributed by atoms with Crippen LogP contribution in [0.3, 0.4) is 0 Å². The van der Waals surface area contributed by atoms with E-state index in [9.17, 15) is 9.70 Å². The van der Waals surface area contributed by atoms with Crippen LogP contribution < -0.4 is 10.2 Å². The van der Waals surface area contributed by atoms with Crippen molar-refractivity contribution in [1.29, 1.82) is 0 Å². The summed E-state index contributed by atoms with van der Waals surface area (Å²) in [6, 6.07) is 7.55. The van der Waals surface area contributed by atoms with Crippen molar-refractivity contribution in [3.8, 4) is 0 Å². The average Bonchev–Trinajstić information content (AvgIpc) is 2.79. The fourth-order valence-corrected chi connectivity index (χ4v) is 4.27. The highest BCUT2D eigenvalue weighted by Crippen LogP contribution is 2.19. The molecule has 0 aliphatic rings.